The molecular weight excluding hydrogens is 302 g/mol. The van der Waals surface area contributed by atoms with Crippen molar-refractivity contribution in [2.45, 2.75) is 26.3 Å². The van der Waals surface area contributed by atoms with E-state index in [9.17, 15) is 4.79 Å². The van der Waals surface area contributed by atoms with Crippen LogP contribution in [-0.2, 0) is 0 Å². The third kappa shape index (κ3) is 4.32. The molecule has 17 heavy (non-hydrogen) atoms. The lowest BCUT2D eigenvalue weighted by molar-refractivity contribution is 0.0925. The molecule has 1 atom stereocenters. The molecule has 0 aromatic heterocycles. The van der Waals surface area contributed by atoms with E-state index in [1.807, 2.05) is 12.1 Å². The summed E-state index contributed by atoms with van der Waals surface area (Å²) in [6.07, 6.45) is 0.911. The van der Waals surface area contributed by atoms with Gasteiger partial charge in [-0.2, -0.15) is 0 Å². The van der Waals surface area contributed by atoms with Crippen molar-refractivity contribution in [3.63, 3.8) is 0 Å². The average molecular weight is 319 g/mol. The standard InChI is InChI=1S/C13H17BrClNO/c1-9(2)12(7-8-14)16-13(17)10-5-3-4-6-11(10)15/h3-6,9,12H,7-8H2,1-2H3,(H,16,17). The van der Waals surface area contributed by atoms with Gasteiger partial charge in [0.1, 0.15) is 0 Å². The first kappa shape index (κ1) is 14.5. The lowest BCUT2D eigenvalue weighted by atomic mass is 10.0. The second-order valence-electron chi connectivity index (χ2n) is 4.28. The van der Waals surface area contributed by atoms with Gasteiger partial charge in [0.15, 0.2) is 0 Å². The van der Waals surface area contributed by atoms with Crippen LogP contribution in [0.3, 0.4) is 0 Å². The second kappa shape index (κ2) is 7.02. The zero-order valence-electron chi connectivity index (χ0n) is 10.0. The van der Waals surface area contributed by atoms with Crippen molar-refractivity contribution in [1.29, 1.82) is 0 Å². The van der Waals surface area contributed by atoms with Gasteiger partial charge in [-0.3, -0.25) is 4.79 Å². The summed E-state index contributed by atoms with van der Waals surface area (Å²) in [7, 11) is 0. The molecule has 0 spiro atoms. The van der Waals surface area contributed by atoms with Crippen LogP contribution >= 0.6 is 27.5 Å². The van der Waals surface area contributed by atoms with Gasteiger partial charge in [0.05, 0.1) is 10.6 Å². The van der Waals surface area contributed by atoms with E-state index in [1.165, 1.54) is 0 Å². The van der Waals surface area contributed by atoms with Crippen molar-refractivity contribution >= 4 is 33.4 Å². The number of hydrogen-bond donors (Lipinski definition) is 1. The number of benzene rings is 1. The number of hydrogen-bond acceptors (Lipinski definition) is 1. The smallest absolute Gasteiger partial charge is 0.253 e. The topological polar surface area (TPSA) is 29.1 Å². The first-order chi connectivity index (χ1) is 8.06. The Hall–Kier alpha value is -0.540. The van der Waals surface area contributed by atoms with Crippen molar-refractivity contribution in [2.24, 2.45) is 5.92 Å². The first-order valence-electron chi connectivity index (χ1n) is 5.67. The van der Waals surface area contributed by atoms with E-state index >= 15 is 0 Å². The Bertz CT molecular complexity index is 381. The predicted molar refractivity (Wildman–Crippen MR) is 76.0 cm³/mol. The highest BCUT2D eigenvalue weighted by Crippen LogP contribution is 2.16. The van der Waals surface area contributed by atoms with Gasteiger partial charge in [-0.25, -0.2) is 0 Å². The number of carbonyl (C=O) groups excluding carboxylic acids is 1. The summed E-state index contributed by atoms with van der Waals surface area (Å²) < 4.78 is 0. The van der Waals surface area contributed by atoms with Crippen LogP contribution < -0.4 is 5.32 Å². The largest absolute Gasteiger partial charge is 0.349 e. The Morgan fingerprint density at radius 1 is 1.41 bits per heavy atom. The molecule has 4 heteroatoms. The first-order valence-corrected chi connectivity index (χ1v) is 7.17. The highest BCUT2D eigenvalue weighted by atomic mass is 79.9. The molecule has 1 unspecified atom stereocenters. The van der Waals surface area contributed by atoms with Crippen LogP contribution in [0.2, 0.25) is 5.02 Å². The number of amides is 1. The summed E-state index contributed by atoms with van der Waals surface area (Å²) in [4.78, 5) is 12.0. The molecule has 94 valence electrons. The van der Waals surface area contributed by atoms with Crippen molar-refractivity contribution in [3.05, 3.63) is 34.9 Å². The highest BCUT2D eigenvalue weighted by molar-refractivity contribution is 9.09. The summed E-state index contributed by atoms with van der Waals surface area (Å²) in [5.41, 5.74) is 0.536. The fourth-order valence-electron chi connectivity index (χ4n) is 1.58. The maximum Gasteiger partial charge on any atom is 0.253 e. The summed E-state index contributed by atoms with van der Waals surface area (Å²) in [5.74, 6) is 0.300. The zero-order chi connectivity index (χ0) is 12.8. The van der Waals surface area contributed by atoms with Gasteiger partial charge in [-0.05, 0) is 24.5 Å². The minimum absolute atomic E-state index is 0.102. The number of rotatable bonds is 5. The van der Waals surface area contributed by atoms with E-state index < -0.39 is 0 Å². The SMILES string of the molecule is CC(C)C(CCBr)NC(=O)c1ccccc1Cl. The molecule has 0 radical (unpaired) electrons. The Balaban J connectivity index is 2.74. The molecule has 0 bridgehead atoms. The third-order valence-corrected chi connectivity index (χ3v) is 3.45. The number of alkyl halides is 1. The number of nitrogens with one attached hydrogen (secondary N) is 1. The molecule has 1 aromatic rings. The molecule has 1 amide bonds. The molecule has 0 heterocycles. The molecule has 0 aliphatic carbocycles. The normalized spacial score (nSPS) is 12.5. The summed E-state index contributed by atoms with van der Waals surface area (Å²) in [5, 5.41) is 4.39. The Labute approximate surface area is 116 Å². The van der Waals surface area contributed by atoms with Crippen LogP contribution in [0, 0.1) is 5.92 Å². The average Bonchev–Trinajstić information content (AvgIpc) is 2.28. The number of carbonyl (C=O) groups is 1. The Morgan fingerprint density at radius 2 is 2.06 bits per heavy atom. The van der Waals surface area contributed by atoms with E-state index in [0.29, 0.717) is 16.5 Å². The second-order valence-corrected chi connectivity index (χ2v) is 5.48. The van der Waals surface area contributed by atoms with Crippen LogP contribution in [0.1, 0.15) is 30.6 Å². The molecule has 0 fully saturated rings. The van der Waals surface area contributed by atoms with Crippen molar-refractivity contribution in [1.82, 2.24) is 5.32 Å². The van der Waals surface area contributed by atoms with Crippen molar-refractivity contribution in [3.8, 4) is 0 Å². The molecule has 0 saturated carbocycles. The predicted octanol–water partition coefficient (Wildman–Crippen LogP) is 3.88. The lowest BCUT2D eigenvalue weighted by Crippen LogP contribution is -2.38. The zero-order valence-corrected chi connectivity index (χ0v) is 12.4. The molecule has 1 N–H and O–H groups in total. The molecule has 1 rings (SSSR count). The van der Waals surface area contributed by atoms with Crippen molar-refractivity contribution < 1.29 is 4.79 Å². The molecule has 0 aliphatic rings. The molecule has 1 aromatic carbocycles. The van der Waals surface area contributed by atoms with Gasteiger partial charge >= 0.3 is 0 Å². The van der Waals surface area contributed by atoms with Crippen LogP contribution in [0.15, 0.2) is 24.3 Å². The minimum Gasteiger partial charge on any atom is -0.349 e. The van der Waals surface area contributed by atoms with Crippen LogP contribution in [0.4, 0.5) is 0 Å². The van der Waals surface area contributed by atoms with Crippen LogP contribution in [-0.4, -0.2) is 17.3 Å². The highest BCUT2D eigenvalue weighted by Gasteiger charge is 2.17. The minimum atomic E-state index is -0.102. The van der Waals surface area contributed by atoms with E-state index in [1.54, 1.807) is 12.1 Å². The van der Waals surface area contributed by atoms with E-state index in [2.05, 4.69) is 35.1 Å². The van der Waals surface area contributed by atoms with Gasteiger partial charge in [0.2, 0.25) is 0 Å². The van der Waals surface area contributed by atoms with Gasteiger partial charge in [0, 0.05) is 11.4 Å². The quantitative estimate of drug-likeness (QED) is 0.820. The van der Waals surface area contributed by atoms with Crippen LogP contribution in [0.25, 0.3) is 0 Å². The Kier molecular flexibility index (Phi) is 6.00. The maximum absolute atomic E-state index is 12.0. The Morgan fingerprint density at radius 3 is 2.59 bits per heavy atom. The van der Waals surface area contributed by atoms with Crippen LogP contribution in [0.5, 0.6) is 0 Å². The van der Waals surface area contributed by atoms with Gasteiger partial charge < -0.3 is 5.32 Å². The van der Waals surface area contributed by atoms with Gasteiger partial charge in [0.25, 0.3) is 5.91 Å². The van der Waals surface area contributed by atoms with Gasteiger partial charge in [-0.1, -0.05) is 53.5 Å². The summed E-state index contributed by atoms with van der Waals surface area (Å²) >= 11 is 9.39. The number of halogens is 2. The maximum atomic E-state index is 12.0. The van der Waals surface area contributed by atoms with E-state index in [-0.39, 0.29) is 11.9 Å². The molecule has 0 aliphatic heterocycles. The fourth-order valence-corrected chi connectivity index (χ4v) is 2.30. The summed E-state index contributed by atoms with van der Waals surface area (Å²) in [6, 6.07) is 7.26. The van der Waals surface area contributed by atoms with E-state index in [0.717, 1.165) is 11.8 Å². The van der Waals surface area contributed by atoms with Gasteiger partial charge in [-0.15, -0.1) is 0 Å². The molecule has 0 saturated heterocycles. The third-order valence-electron chi connectivity index (χ3n) is 2.66. The van der Waals surface area contributed by atoms with Crippen molar-refractivity contribution in [2.75, 3.05) is 5.33 Å². The molecule has 2 nitrogen and oxygen atoms in total. The lowest BCUT2D eigenvalue weighted by Gasteiger charge is -2.21. The van der Waals surface area contributed by atoms with E-state index in [4.69, 9.17) is 11.6 Å². The summed E-state index contributed by atoms with van der Waals surface area (Å²) in [6.45, 7) is 4.19. The monoisotopic (exact) mass is 317 g/mol. The fraction of sp³-hybridized carbons (Fsp3) is 0.462. The molecular formula is C13H17BrClNO.